The molecule has 2 aliphatic heterocycles. The Morgan fingerprint density at radius 1 is 1.15 bits per heavy atom. The largest absolute Gasteiger partial charge is 0.427 e. The smallest absolute Gasteiger partial charge is 0.418 e. The number of rotatable bonds is 4. The molecule has 0 aromatic heterocycles. The van der Waals surface area contributed by atoms with Gasteiger partial charge in [-0.15, -0.1) is 0 Å². The summed E-state index contributed by atoms with van der Waals surface area (Å²) in [6, 6.07) is 0.751. The van der Waals surface area contributed by atoms with Crippen molar-refractivity contribution in [2.75, 3.05) is 18.9 Å². The molecule has 2 aliphatic carbocycles. The molecule has 2 heterocycles. The van der Waals surface area contributed by atoms with E-state index in [4.69, 9.17) is 4.74 Å². The first-order chi connectivity index (χ1) is 18.5. The van der Waals surface area contributed by atoms with Crippen LogP contribution in [0.3, 0.4) is 0 Å². The molecule has 9 nitrogen and oxygen atoms in total. The average molecular weight is 551 g/mol. The van der Waals surface area contributed by atoms with Crippen molar-refractivity contribution in [3.8, 4) is 0 Å². The standard InChI is InChI=1S/C26H26F4N4O5/c1-12-3-4-20(14-7-17(28)22(30)18(29)8-14)34(12)21(35)11-33-23(36)26(39-25(33)38)6-5-13-9-19(32-24(37)31-2)16(27)10-15(13)26/h7,9-10,12,14,20H,3-6,8,11H2,1-2H3,(H2,31,32,37)/t12-,14?,20-,26?/m0/s1. The van der Waals surface area contributed by atoms with Crippen LogP contribution < -0.4 is 10.6 Å². The van der Waals surface area contributed by atoms with Crippen molar-refractivity contribution in [1.82, 2.24) is 15.1 Å². The molecule has 0 radical (unpaired) electrons. The van der Waals surface area contributed by atoms with Crippen LogP contribution in [0.1, 0.15) is 43.7 Å². The number of hydrogen-bond acceptors (Lipinski definition) is 5. The maximum absolute atomic E-state index is 14.8. The highest BCUT2D eigenvalue weighted by molar-refractivity contribution is 6.06. The number of amides is 5. The molecule has 2 fully saturated rings. The molecular weight excluding hydrogens is 524 g/mol. The van der Waals surface area contributed by atoms with Gasteiger partial charge >= 0.3 is 12.1 Å². The van der Waals surface area contributed by atoms with Crippen LogP contribution in [0.25, 0.3) is 0 Å². The Bertz CT molecular complexity index is 1350. The first kappa shape index (κ1) is 26.7. The normalized spacial score (nSPS) is 28.2. The molecule has 2 unspecified atom stereocenters. The maximum atomic E-state index is 14.8. The van der Waals surface area contributed by atoms with Gasteiger partial charge in [-0.2, -0.15) is 0 Å². The van der Waals surface area contributed by atoms with Crippen molar-refractivity contribution in [2.45, 2.75) is 56.7 Å². The number of fused-ring (bicyclic) bond motifs is 2. The second kappa shape index (κ2) is 9.69. The van der Waals surface area contributed by atoms with E-state index in [1.165, 1.54) is 18.0 Å². The van der Waals surface area contributed by atoms with E-state index in [-0.39, 0.29) is 30.1 Å². The Kier molecular flexibility index (Phi) is 6.63. The molecule has 5 rings (SSSR count). The molecule has 1 aromatic rings. The zero-order chi connectivity index (χ0) is 28.2. The van der Waals surface area contributed by atoms with Gasteiger partial charge < -0.3 is 20.3 Å². The number of hydrogen-bond donors (Lipinski definition) is 2. The van der Waals surface area contributed by atoms with Gasteiger partial charge in [0.2, 0.25) is 11.5 Å². The predicted octanol–water partition coefficient (Wildman–Crippen LogP) is 4.10. The Labute approximate surface area is 220 Å². The summed E-state index contributed by atoms with van der Waals surface area (Å²) >= 11 is 0. The molecule has 39 heavy (non-hydrogen) atoms. The van der Waals surface area contributed by atoms with Crippen molar-refractivity contribution >= 4 is 29.6 Å². The predicted molar refractivity (Wildman–Crippen MR) is 129 cm³/mol. The van der Waals surface area contributed by atoms with Crippen LogP contribution in [-0.4, -0.2) is 59.4 Å². The minimum Gasteiger partial charge on any atom is -0.427 e. The van der Waals surface area contributed by atoms with Gasteiger partial charge in [0.25, 0.3) is 5.91 Å². The van der Waals surface area contributed by atoms with Crippen LogP contribution in [0, 0.1) is 11.7 Å². The van der Waals surface area contributed by atoms with Crippen molar-refractivity contribution in [3.63, 3.8) is 0 Å². The second-order valence-corrected chi connectivity index (χ2v) is 10.2. The summed E-state index contributed by atoms with van der Waals surface area (Å²) in [5.41, 5.74) is -1.29. The van der Waals surface area contributed by atoms with Gasteiger partial charge in [0.15, 0.2) is 11.7 Å². The van der Waals surface area contributed by atoms with E-state index < -0.39 is 77.8 Å². The van der Waals surface area contributed by atoms with Crippen molar-refractivity contribution in [3.05, 3.63) is 52.6 Å². The summed E-state index contributed by atoms with van der Waals surface area (Å²) in [5, 5.41) is 4.65. The van der Waals surface area contributed by atoms with Crippen LogP contribution in [0.4, 0.5) is 32.8 Å². The number of nitrogens with one attached hydrogen (secondary N) is 2. The zero-order valence-electron chi connectivity index (χ0n) is 21.2. The molecule has 2 N–H and O–H groups in total. The molecule has 4 atom stereocenters. The Hall–Kier alpha value is -3.90. The number of carbonyl (C=O) groups is 4. The lowest BCUT2D eigenvalue weighted by Gasteiger charge is -2.34. The number of aryl methyl sites for hydroxylation is 1. The first-order valence-electron chi connectivity index (χ1n) is 12.6. The molecule has 0 saturated carbocycles. The summed E-state index contributed by atoms with van der Waals surface area (Å²) in [6.45, 7) is 1.06. The number of anilines is 1. The first-order valence-corrected chi connectivity index (χ1v) is 12.6. The van der Waals surface area contributed by atoms with E-state index in [0.29, 0.717) is 23.3 Å². The summed E-state index contributed by atoms with van der Waals surface area (Å²) in [7, 11) is 1.37. The fraction of sp³-hybridized carbons (Fsp3) is 0.462. The fourth-order valence-electron chi connectivity index (χ4n) is 6.02. The van der Waals surface area contributed by atoms with Gasteiger partial charge in [-0.05, 0) is 50.0 Å². The summed E-state index contributed by atoms with van der Waals surface area (Å²) in [6.07, 6.45) is 0.661. The van der Waals surface area contributed by atoms with Crippen molar-refractivity contribution in [1.29, 1.82) is 0 Å². The fourth-order valence-corrected chi connectivity index (χ4v) is 6.02. The van der Waals surface area contributed by atoms with Gasteiger partial charge in [-0.3, -0.25) is 9.59 Å². The maximum Gasteiger partial charge on any atom is 0.418 e. The van der Waals surface area contributed by atoms with Gasteiger partial charge in [-0.1, -0.05) is 0 Å². The lowest BCUT2D eigenvalue weighted by atomic mass is 9.89. The SMILES string of the molecule is CNC(=O)Nc1cc2c(cc1F)C1(CC2)OC(=O)N(CC(=O)N2[C@@H](C)CC[C@H]2C2C=C(F)C(F)=C(F)C2)C1=O. The summed E-state index contributed by atoms with van der Waals surface area (Å²) < 4.78 is 61.7. The number of carbonyl (C=O) groups excluding carboxylic acids is 4. The van der Waals surface area contributed by atoms with E-state index in [1.54, 1.807) is 6.92 Å². The molecule has 1 aromatic carbocycles. The molecule has 4 aliphatic rings. The summed E-state index contributed by atoms with van der Waals surface area (Å²) in [4.78, 5) is 53.4. The van der Waals surface area contributed by atoms with E-state index >= 15 is 0 Å². The number of ether oxygens (including phenoxy) is 1. The van der Waals surface area contributed by atoms with Gasteiger partial charge in [0.05, 0.1) is 5.69 Å². The van der Waals surface area contributed by atoms with Gasteiger partial charge in [0.1, 0.15) is 18.2 Å². The Morgan fingerprint density at radius 3 is 2.59 bits per heavy atom. The molecule has 5 amide bonds. The second-order valence-electron chi connectivity index (χ2n) is 10.2. The van der Waals surface area contributed by atoms with Crippen molar-refractivity contribution < 1.29 is 41.5 Å². The summed E-state index contributed by atoms with van der Waals surface area (Å²) in [5.74, 6) is -7.20. The third kappa shape index (κ3) is 4.33. The van der Waals surface area contributed by atoms with Crippen molar-refractivity contribution in [2.24, 2.45) is 5.92 Å². The van der Waals surface area contributed by atoms with Crippen LogP contribution in [0.5, 0.6) is 0 Å². The number of halogens is 4. The average Bonchev–Trinajstić information content (AvgIpc) is 3.52. The molecule has 13 heteroatoms. The van der Waals surface area contributed by atoms with E-state index in [2.05, 4.69) is 10.6 Å². The van der Waals surface area contributed by atoms with Crippen LogP contribution in [0.2, 0.25) is 0 Å². The number of urea groups is 1. The molecule has 1 spiro atoms. The topological polar surface area (TPSA) is 108 Å². The number of benzene rings is 1. The molecule has 2 saturated heterocycles. The zero-order valence-corrected chi connectivity index (χ0v) is 21.2. The quantitative estimate of drug-likeness (QED) is 0.549. The van der Waals surface area contributed by atoms with Gasteiger partial charge in [-0.25, -0.2) is 32.1 Å². The number of imide groups is 1. The number of likely N-dealkylation sites (tertiary alicyclic amines) is 1. The van der Waals surface area contributed by atoms with E-state index in [1.807, 2.05) is 0 Å². The third-order valence-electron chi connectivity index (χ3n) is 7.93. The van der Waals surface area contributed by atoms with Crippen LogP contribution in [-0.2, 0) is 26.3 Å². The molecule has 0 bridgehead atoms. The minimum absolute atomic E-state index is 0.0204. The van der Waals surface area contributed by atoms with Crippen LogP contribution >= 0.6 is 0 Å². The monoisotopic (exact) mass is 550 g/mol. The third-order valence-corrected chi connectivity index (χ3v) is 7.93. The van der Waals surface area contributed by atoms with Gasteiger partial charge in [0, 0.05) is 43.5 Å². The number of nitrogens with zero attached hydrogens (tertiary/aromatic N) is 2. The minimum atomic E-state index is -1.81. The lowest BCUT2D eigenvalue weighted by Crippen LogP contribution is -2.49. The lowest BCUT2D eigenvalue weighted by molar-refractivity contribution is -0.143. The molecule has 208 valence electrons. The Morgan fingerprint density at radius 2 is 1.90 bits per heavy atom. The molecular formula is C26H26F4N4O5. The highest BCUT2D eigenvalue weighted by Crippen LogP contribution is 2.47. The van der Waals surface area contributed by atoms with Crippen LogP contribution in [0.15, 0.2) is 35.7 Å². The highest BCUT2D eigenvalue weighted by Gasteiger charge is 2.59. The van der Waals surface area contributed by atoms with E-state index in [9.17, 15) is 36.7 Å². The Balaban J connectivity index is 1.36. The van der Waals surface area contributed by atoms with E-state index in [0.717, 1.165) is 12.1 Å². The highest BCUT2D eigenvalue weighted by atomic mass is 19.2. The number of allylic oxidation sites excluding steroid dienone is 3.